The van der Waals surface area contributed by atoms with Gasteiger partial charge in [-0.1, -0.05) is 12.2 Å². The van der Waals surface area contributed by atoms with Gasteiger partial charge in [0, 0.05) is 12.0 Å². The molecule has 0 aliphatic rings. The van der Waals surface area contributed by atoms with E-state index in [4.69, 9.17) is 9.47 Å². The maximum Gasteiger partial charge on any atom is 0.0750 e. The van der Waals surface area contributed by atoms with Gasteiger partial charge in [-0.25, -0.2) is 0 Å². The molecule has 0 amide bonds. The van der Waals surface area contributed by atoms with Gasteiger partial charge in [-0.2, -0.15) is 0 Å². The van der Waals surface area contributed by atoms with Gasteiger partial charge in [-0.3, -0.25) is 0 Å². The summed E-state index contributed by atoms with van der Waals surface area (Å²) in [7, 11) is 0. The van der Waals surface area contributed by atoms with Crippen LogP contribution in [0.2, 0.25) is 0 Å². The van der Waals surface area contributed by atoms with Crippen molar-refractivity contribution in [2.45, 2.75) is 0 Å². The lowest BCUT2D eigenvalue weighted by molar-refractivity contribution is 0.0755. The van der Waals surface area contributed by atoms with Crippen LogP contribution in [0.1, 0.15) is 0 Å². The average Bonchev–Trinajstić information content (AvgIpc) is 1.89. The Balaban J connectivity index is 2.66. The van der Waals surface area contributed by atoms with Crippen LogP contribution in [0.25, 0.3) is 0 Å². The Morgan fingerprint density at radius 3 is 2.56 bits per heavy atom. The van der Waals surface area contributed by atoms with Crippen LogP contribution in [0.5, 0.6) is 0 Å². The second-order valence-electron chi connectivity index (χ2n) is 1.35. The van der Waals surface area contributed by atoms with Gasteiger partial charge in [0.2, 0.25) is 0 Å². The molecule has 0 aromatic rings. The predicted molar refractivity (Wildman–Crippen MR) is 40.7 cm³/mol. The van der Waals surface area contributed by atoms with Gasteiger partial charge < -0.3 is 9.47 Å². The molecule has 0 aromatic carbocycles. The first-order valence-electron chi connectivity index (χ1n) is 2.80. The number of hydrogen-bond donors (Lipinski definition) is 0. The van der Waals surface area contributed by atoms with Crippen LogP contribution in [-0.4, -0.2) is 31.8 Å². The van der Waals surface area contributed by atoms with E-state index in [0.717, 1.165) is 0 Å². The second-order valence-corrected chi connectivity index (χ2v) is 1.69. The molecule has 0 spiro atoms. The summed E-state index contributed by atoms with van der Waals surface area (Å²) in [6, 6.07) is 0. The van der Waals surface area contributed by atoms with E-state index in [-0.39, 0.29) is 0 Å². The highest BCUT2D eigenvalue weighted by atomic mass is 32.1. The van der Waals surface area contributed by atoms with E-state index >= 15 is 0 Å². The van der Waals surface area contributed by atoms with E-state index in [1.165, 1.54) is 0 Å². The molecule has 9 heavy (non-hydrogen) atoms. The van der Waals surface area contributed by atoms with Crippen molar-refractivity contribution in [1.82, 2.24) is 0 Å². The highest BCUT2D eigenvalue weighted by molar-refractivity contribution is 7.79. The minimum absolute atomic E-state index is 0.501. The van der Waals surface area contributed by atoms with Gasteiger partial charge in [0.1, 0.15) is 0 Å². The van der Waals surface area contributed by atoms with Gasteiger partial charge in [-0.05, 0) is 6.92 Å². The molecule has 3 heteroatoms. The zero-order chi connectivity index (χ0) is 6.95. The predicted octanol–water partition coefficient (Wildman–Crippen LogP) is 0.853. The third kappa shape index (κ3) is 8.01. The van der Waals surface area contributed by atoms with E-state index in [2.05, 4.69) is 19.1 Å². The largest absolute Gasteiger partial charge is 0.379 e. The summed E-state index contributed by atoms with van der Waals surface area (Å²) in [6.07, 6.45) is 0. The first-order chi connectivity index (χ1) is 4.41. The summed E-state index contributed by atoms with van der Waals surface area (Å²) in [4.78, 5) is 0. The summed E-state index contributed by atoms with van der Waals surface area (Å²) in [5, 5.41) is 1.55. The van der Waals surface area contributed by atoms with E-state index in [0.29, 0.717) is 26.4 Å². The summed E-state index contributed by atoms with van der Waals surface area (Å²) < 4.78 is 9.87. The molecular formula is C6H11O2S. The highest BCUT2D eigenvalue weighted by Gasteiger charge is 1.82. The Labute approximate surface area is 61.1 Å². The molecule has 0 unspecified atom stereocenters. The summed E-state index contributed by atoms with van der Waals surface area (Å²) in [5.74, 6) is 0. The second kappa shape index (κ2) is 8.01. The van der Waals surface area contributed by atoms with Crippen molar-refractivity contribution in [1.29, 1.82) is 0 Å². The Morgan fingerprint density at radius 2 is 2.00 bits per heavy atom. The normalized spacial score (nSPS) is 9.44. The first kappa shape index (κ1) is 9.01. The summed E-state index contributed by atoms with van der Waals surface area (Å²) in [5.41, 5.74) is 0. The van der Waals surface area contributed by atoms with Crippen molar-refractivity contribution in [2.24, 2.45) is 0 Å². The molecule has 0 bridgehead atoms. The maximum atomic E-state index is 4.97. The monoisotopic (exact) mass is 147 g/mol. The number of ether oxygens (including phenoxy) is 2. The Bertz CT molecular complexity index is 66.1. The molecule has 0 heterocycles. The zero-order valence-corrected chi connectivity index (χ0v) is 6.15. The molecule has 1 radical (unpaired) electrons. The Morgan fingerprint density at radius 1 is 1.33 bits per heavy atom. The van der Waals surface area contributed by atoms with Crippen molar-refractivity contribution in [3.05, 3.63) is 6.92 Å². The molecule has 2 nitrogen and oxygen atoms in total. The molecule has 0 fully saturated rings. The van der Waals surface area contributed by atoms with Crippen molar-refractivity contribution in [3.8, 4) is 0 Å². The standard InChI is InChI=1S/C6H11O2S/c1-2-7-3-4-8-5-6-9/h6H,1-5H2. The average molecular weight is 147 g/mol. The van der Waals surface area contributed by atoms with Crippen molar-refractivity contribution < 1.29 is 9.47 Å². The van der Waals surface area contributed by atoms with E-state index in [1.807, 2.05) is 0 Å². The number of thiocarbonyl (C=S) groups is 1. The van der Waals surface area contributed by atoms with Crippen LogP contribution in [-0.2, 0) is 9.47 Å². The fraction of sp³-hybridized carbons (Fsp3) is 0.667. The molecule has 0 aromatic heterocycles. The summed E-state index contributed by atoms with van der Waals surface area (Å²) in [6.45, 7) is 5.73. The lowest BCUT2D eigenvalue weighted by Crippen LogP contribution is -2.04. The molecule has 0 saturated heterocycles. The molecule has 0 saturated carbocycles. The van der Waals surface area contributed by atoms with Crippen LogP contribution in [0.15, 0.2) is 0 Å². The van der Waals surface area contributed by atoms with Crippen molar-refractivity contribution in [2.75, 3.05) is 26.4 Å². The Hall–Kier alpha value is 0.01000. The third-order valence-electron chi connectivity index (χ3n) is 0.702. The zero-order valence-electron chi connectivity index (χ0n) is 5.34. The van der Waals surface area contributed by atoms with Crippen LogP contribution >= 0.6 is 12.2 Å². The van der Waals surface area contributed by atoms with Crippen molar-refractivity contribution in [3.63, 3.8) is 0 Å². The Kier molecular flexibility index (Phi) is 8.02. The van der Waals surface area contributed by atoms with Gasteiger partial charge in [0.15, 0.2) is 0 Å². The van der Waals surface area contributed by atoms with Crippen LogP contribution in [0.4, 0.5) is 0 Å². The lowest BCUT2D eigenvalue weighted by atomic mass is 10.7. The van der Waals surface area contributed by atoms with Gasteiger partial charge in [0.25, 0.3) is 0 Å². The third-order valence-corrected chi connectivity index (χ3v) is 0.838. The maximum absolute atomic E-state index is 4.97. The van der Waals surface area contributed by atoms with Gasteiger partial charge in [0.05, 0.1) is 19.8 Å². The molecule has 53 valence electrons. The molecular weight excluding hydrogens is 136 g/mol. The fourth-order valence-corrected chi connectivity index (χ4v) is 0.448. The smallest absolute Gasteiger partial charge is 0.0750 e. The highest BCUT2D eigenvalue weighted by Crippen LogP contribution is 1.75. The van der Waals surface area contributed by atoms with Crippen LogP contribution in [0, 0.1) is 6.92 Å². The minimum atomic E-state index is 0.501. The van der Waals surface area contributed by atoms with Crippen LogP contribution in [0.3, 0.4) is 0 Å². The molecule has 0 N–H and O–H groups in total. The SMILES string of the molecule is [CH2]COCCOCC=S. The summed E-state index contributed by atoms with van der Waals surface area (Å²) >= 11 is 4.53. The van der Waals surface area contributed by atoms with E-state index in [9.17, 15) is 0 Å². The number of rotatable bonds is 6. The molecule has 0 rings (SSSR count). The molecule has 0 aliphatic heterocycles. The topological polar surface area (TPSA) is 18.5 Å². The van der Waals surface area contributed by atoms with Crippen molar-refractivity contribution >= 4 is 17.6 Å². The quantitative estimate of drug-likeness (QED) is 0.410. The van der Waals surface area contributed by atoms with E-state index in [1.54, 1.807) is 5.37 Å². The van der Waals surface area contributed by atoms with E-state index < -0.39 is 0 Å². The first-order valence-corrected chi connectivity index (χ1v) is 3.27. The minimum Gasteiger partial charge on any atom is -0.379 e. The molecule has 0 aliphatic carbocycles. The van der Waals surface area contributed by atoms with Gasteiger partial charge >= 0.3 is 0 Å². The van der Waals surface area contributed by atoms with Crippen LogP contribution < -0.4 is 0 Å². The molecule has 0 atom stereocenters. The van der Waals surface area contributed by atoms with Gasteiger partial charge in [-0.15, -0.1) is 0 Å². The fourth-order valence-electron chi connectivity index (χ4n) is 0.351. The lowest BCUT2D eigenvalue weighted by Gasteiger charge is -1.99. The number of hydrogen-bond acceptors (Lipinski definition) is 3.